The molecule has 8 heteroatoms. The van der Waals surface area contributed by atoms with Gasteiger partial charge in [-0.05, 0) is 36.7 Å². The van der Waals surface area contributed by atoms with Crippen LogP contribution in [-0.2, 0) is 4.79 Å². The Bertz CT molecular complexity index is 458. The minimum Gasteiger partial charge on any atom is -0.370 e. The molecule has 0 aliphatic carbocycles. The maximum atomic E-state index is 11.9. The number of rotatable bonds is 4. The van der Waals surface area contributed by atoms with Gasteiger partial charge in [0.15, 0.2) is 0 Å². The summed E-state index contributed by atoms with van der Waals surface area (Å²) < 4.78 is 35.8. The van der Waals surface area contributed by atoms with Crippen LogP contribution in [0.4, 0.5) is 24.7 Å². The van der Waals surface area contributed by atoms with Gasteiger partial charge in [-0.1, -0.05) is 0 Å². The van der Waals surface area contributed by atoms with Crippen molar-refractivity contribution in [1.29, 1.82) is 0 Å². The van der Waals surface area contributed by atoms with E-state index in [1.54, 1.807) is 12.3 Å². The van der Waals surface area contributed by atoms with Crippen LogP contribution in [0.5, 0.6) is 0 Å². The molecule has 0 saturated carbocycles. The van der Waals surface area contributed by atoms with E-state index >= 15 is 0 Å². The number of amides is 1. The van der Waals surface area contributed by atoms with Crippen LogP contribution in [0, 0.1) is 0 Å². The van der Waals surface area contributed by atoms with Gasteiger partial charge in [-0.2, -0.15) is 13.2 Å². The van der Waals surface area contributed by atoms with Gasteiger partial charge in [0.05, 0.1) is 17.6 Å². The molecule has 1 saturated heterocycles. The number of pyridine rings is 1. The van der Waals surface area contributed by atoms with Gasteiger partial charge in [0.1, 0.15) is 5.82 Å². The number of anilines is 2. The number of hydrogen-bond acceptors (Lipinski definition) is 4. The van der Waals surface area contributed by atoms with E-state index in [0.29, 0.717) is 0 Å². The summed E-state index contributed by atoms with van der Waals surface area (Å²) in [6, 6.07) is 3.41. The number of aromatic nitrogens is 1. The van der Waals surface area contributed by atoms with Crippen LogP contribution in [0.3, 0.4) is 0 Å². The summed E-state index contributed by atoms with van der Waals surface area (Å²) >= 11 is -0.364. The molecule has 1 fully saturated rings. The third-order valence-corrected chi connectivity index (χ3v) is 3.59. The molecule has 0 aromatic carbocycles. The summed E-state index contributed by atoms with van der Waals surface area (Å²) in [6.07, 6.45) is 3.91. The predicted octanol–water partition coefficient (Wildman–Crippen LogP) is 2.87. The molecule has 1 N–H and O–H groups in total. The van der Waals surface area contributed by atoms with E-state index in [9.17, 15) is 18.0 Å². The largest absolute Gasteiger partial charge is 0.442 e. The molecule has 1 aromatic heterocycles. The molecule has 0 bridgehead atoms. The number of carbonyl (C=O) groups is 1. The first-order chi connectivity index (χ1) is 9.44. The van der Waals surface area contributed by atoms with Crippen LogP contribution in [0.2, 0.25) is 0 Å². The van der Waals surface area contributed by atoms with Crippen molar-refractivity contribution in [1.82, 2.24) is 4.98 Å². The minimum absolute atomic E-state index is 0.265. The number of carbonyl (C=O) groups excluding carboxylic acids is 1. The molecule has 20 heavy (non-hydrogen) atoms. The van der Waals surface area contributed by atoms with Crippen LogP contribution >= 0.6 is 11.8 Å². The van der Waals surface area contributed by atoms with Gasteiger partial charge >= 0.3 is 5.51 Å². The summed E-state index contributed by atoms with van der Waals surface area (Å²) in [7, 11) is 0. The molecule has 2 heterocycles. The molecule has 0 atom stereocenters. The standard InChI is InChI=1S/C12H14F3N3OS/c13-12(14,15)20-8-11(19)17-10-4-3-9(7-16-10)18-5-1-2-6-18/h3-4,7H,1-2,5-6,8H2,(H,16,17,19). The zero-order valence-corrected chi connectivity index (χ0v) is 11.4. The van der Waals surface area contributed by atoms with E-state index in [1.165, 1.54) is 0 Å². The van der Waals surface area contributed by atoms with E-state index in [0.717, 1.165) is 31.6 Å². The lowest BCUT2D eigenvalue weighted by Crippen LogP contribution is -2.19. The number of thioether (sulfide) groups is 1. The zero-order chi connectivity index (χ0) is 14.6. The average molecular weight is 305 g/mol. The maximum absolute atomic E-state index is 11.9. The van der Waals surface area contributed by atoms with Gasteiger partial charge in [-0.25, -0.2) is 4.98 Å². The predicted molar refractivity (Wildman–Crippen MR) is 72.8 cm³/mol. The van der Waals surface area contributed by atoms with Crippen molar-refractivity contribution in [3.63, 3.8) is 0 Å². The summed E-state index contributed by atoms with van der Waals surface area (Å²) in [5.41, 5.74) is -3.44. The highest BCUT2D eigenvalue weighted by Gasteiger charge is 2.29. The van der Waals surface area contributed by atoms with Gasteiger partial charge in [-0.15, -0.1) is 0 Å². The summed E-state index contributed by atoms with van der Waals surface area (Å²) in [6.45, 7) is 1.96. The van der Waals surface area contributed by atoms with Crippen molar-refractivity contribution in [2.45, 2.75) is 18.3 Å². The van der Waals surface area contributed by atoms with Crippen LogP contribution in [-0.4, -0.2) is 35.2 Å². The van der Waals surface area contributed by atoms with Gasteiger partial charge in [0.25, 0.3) is 0 Å². The molecule has 1 aromatic rings. The second kappa shape index (κ2) is 6.34. The minimum atomic E-state index is -4.40. The smallest absolute Gasteiger partial charge is 0.370 e. The normalized spacial score (nSPS) is 15.4. The Balaban J connectivity index is 1.85. The third-order valence-electron chi connectivity index (χ3n) is 2.85. The van der Waals surface area contributed by atoms with Crippen LogP contribution < -0.4 is 10.2 Å². The number of halogens is 3. The molecule has 1 aliphatic heterocycles. The van der Waals surface area contributed by atoms with Crippen molar-refractivity contribution in [2.75, 3.05) is 29.1 Å². The fraction of sp³-hybridized carbons (Fsp3) is 0.500. The van der Waals surface area contributed by atoms with E-state index in [2.05, 4.69) is 15.2 Å². The molecule has 110 valence electrons. The van der Waals surface area contributed by atoms with Crippen LogP contribution in [0.1, 0.15) is 12.8 Å². The maximum Gasteiger partial charge on any atom is 0.442 e. The zero-order valence-electron chi connectivity index (χ0n) is 10.6. The Hall–Kier alpha value is -1.44. The number of nitrogens with one attached hydrogen (secondary N) is 1. The Kier molecular flexibility index (Phi) is 4.74. The van der Waals surface area contributed by atoms with Crippen molar-refractivity contribution in [2.24, 2.45) is 0 Å². The van der Waals surface area contributed by atoms with E-state index in [1.807, 2.05) is 6.07 Å². The van der Waals surface area contributed by atoms with Crippen molar-refractivity contribution in [3.05, 3.63) is 18.3 Å². The molecule has 4 nitrogen and oxygen atoms in total. The topological polar surface area (TPSA) is 45.2 Å². The monoisotopic (exact) mass is 305 g/mol. The Morgan fingerprint density at radius 1 is 1.35 bits per heavy atom. The SMILES string of the molecule is O=C(CSC(F)(F)F)Nc1ccc(N2CCCC2)cn1. The first kappa shape index (κ1) is 15.0. The second-order valence-electron chi connectivity index (χ2n) is 4.38. The summed E-state index contributed by atoms with van der Waals surface area (Å²) in [5, 5.41) is 2.34. The van der Waals surface area contributed by atoms with E-state index in [-0.39, 0.29) is 17.6 Å². The highest BCUT2D eigenvalue weighted by Crippen LogP contribution is 2.29. The average Bonchev–Trinajstić information content (AvgIpc) is 2.90. The molecule has 2 rings (SSSR count). The van der Waals surface area contributed by atoms with Crippen molar-refractivity contribution >= 4 is 29.2 Å². The van der Waals surface area contributed by atoms with Crippen LogP contribution in [0.15, 0.2) is 18.3 Å². The van der Waals surface area contributed by atoms with Crippen molar-refractivity contribution < 1.29 is 18.0 Å². The first-order valence-electron chi connectivity index (χ1n) is 6.15. The molecule has 1 amide bonds. The number of nitrogens with zero attached hydrogens (tertiary/aromatic N) is 2. The number of hydrogen-bond donors (Lipinski definition) is 1. The lowest BCUT2D eigenvalue weighted by Gasteiger charge is -2.17. The Labute approximate surface area is 118 Å². The van der Waals surface area contributed by atoms with Crippen LogP contribution in [0.25, 0.3) is 0 Å². The third kappa shape index (κ3) is 4.59. The van der Waals surface area contributed by atoms with E-state index in [4.69, 9.17) is 0 Å². The fourth-order valence-corrected chi connectivity index (χ4v) is 2.32. The molecular weight excluding hydrogens is 291 g/mol. The summed E-state index contributed by atoms with van der Waals surface area (Å²) in [4.78, 5) is 17.5. The molecule has 0 radical (unpaired) electrons. The first-order valence-corrected chi connectivity index (χ1v) is 7.14. The highest BCUT2D eigenvalue weighted by atomic mass is 32.2. The second-order valence-corrected chi connectivity index (χ2v) is 5.42. The fourth-order valence-electron chi connectivity index (χ4n) is 1.95. The lowest BCUT2D eigenvalue weighted by atomic mass is 10.3. The van der Waals surface area contributed by atoms with Crippen molar-refractivity contribution in [3.8, 4) is 0 Å². The van der Waals surface area contributed by atoms with Gasteiger partial charge < -0.3 is 10.2 Å². The lowest BCUT2D eigenvalue weighted by molar-refractivity contribution is -0.114. The molecule has 0 unspecified atom stereocenters. The van der Waals surface area contributed by atoms with Gasteiger partial charge in [-0.3, -0.25) is 4.79 Å². The Morgan fingerprint density at radius 3 is 2.60 bits per heavy atom. The molecule has 1 aliphatic rings. The van der Waals surface area contributed by atoms with Gasteiger partial charge in [0, 0.05) is 13.1 Å². The summed E-state index contributed by atoms with van der Waals surface area (Å²) in [5.74, 6) is -1.12. The number of alkyl halides is 3. The van der Waals surface area contributed by atoms with Gasteiger partial charge in [0.2, 0.25) is 5.91 Å². The molecule has 0 spiro atoms. The molecular formula is C12H14F3N3OS. The highest BCUT2D eigenvalue weighted by molar-refractivity contribution is 8.00. The Morgan fingerprint density at radius 2 is 2.05 bits per heavy atom. The van der Waals surface area contributed by atoms with E-state index < -0.39 is 17.2 Å². The quantitative estimate of drug-likeness (QED) is 0.929.